The molecule has 5 heteroatoms. The van der Waals surface area contributed by atoms with Gasteiger partial charge in [0.25, 0.3) is 0 Å². The topological polar surface area (TPSA) is 47.6 Å². The zero-order valence-electron chi connectivity index (χ0n) is 9.74. The predicted molar refractivity (Wildman–Crippen MR) is 66.0 cm³/mol. The average Bonchev–Trinajstić information content (AvgIpc) is 2.32. The van der Waals surface area contributed by atoms with Gasteiger partial charge < -0.3 is 14.8 Å². The number of methoxy groups -OCH3 is 1. The van der Waals surface area contributed by atoms with E-state index in [0.717, 1.165) is 5.56 Å². The molecule has 1 rings (SSSR count). The molecular formula is C12H16ClNO3. The van der Waals surface area contributed by atoms with Crippen LogP contribution in [0.15, 0.2) is 24.3 Å². The fraction of sp³-hybridized carbons (Fsp3) is 0.417. The van der Waals surface area contributed by atoms with E-state index in [0.29, 0.717) is 24.8 Å². The number of carbonyl (C=O) groups excluding carboxylic acids is 1. The molecule has 0 bridgehead atoms. The zero-order valence-corrected chi connectivity index (χ0v) is 10.5. The number of benzene rings is 1. The lowest BCUT2D eigenvalue weighted by atomic mass is 10.2. The molecule has 0 spiro atoms. The molecule has 0 aliphatic rings. The Balaban J connectivity index is 2.19. The number of rotatable bonds is 7. The van der Waals surface area contributed by atoms with Crippen LogP contribution in [0.3, 0.4) is 0 Å². The van der Waals surface area contributed by atoms with E-state index in [9.17, 15) is 4.79 Å². The third-order valence-electron chi connectivity index (χ3n) is 2.04. The van der Waals surface area contributed by atoms with Crippen LogP contribution in [0.2, 0.25) is 5.02 Å². The fourth-order valence-corrected chi connectivity index (χ4v) is 1.42. The lowest BCUT2D eigenvalue weighted by molar-refractivity contribution is -0.126. The molecule has 0 radical (unpaired) electrons. The summed E-state index contributed by atoms with van der Waals surface area (Å²) in [4.78, 5) is 11.4. The van der Waals surface area contributed by atoms with Crippen molar-refractivity contribution in [3.05, 3.63) is 34.9 Å². The fourth-order valence-electron chi connectivity index (χ4n) is 1.21. The highest BCUT2D eigenvalue weighted by Gasteiger charge is 2.01. The normalized spacial score (nSPS) is 10.2. The first-order chi connectivity index (χ1) is 8.22. The van der Waals surface area contributed by atoms with Crippen molar-refractivity contribution in [2.45, 2.75) is 6.54 Å². The Kier molecular flexibility index (Phi) is 6.62. The minimum absolute atomic E-state index is 0.0456. The second-order valence-electron chi connectivity index (χ2n) is 3.45. The molecule has 4 nitrogen and oxygen atoms in total. The van der Waals surface area contributed by atoms with Crippen molar-refractivity contribution in [3.63, 3.8) is 0 Å². The van der Waals surface area contributed by atoms with Crippen LogP contribution < -0.4 is 5.32 Å². The lowest BCUT2D eigenvalue weighted by Crippen LogP contribution is -2.27. The van der Waals surface area contributed by atoms with Crippen LogP contribution in [-0.4, -0.2) is 32.8 Å². The van der Waals surface area contributed by atoms with Gasteiger partial charge in [0.05, 0.1) is 13.2 Å². The van der Waals surface area contributed by atoms with Crippen molar-refractivity contribution in [2.24, 2.45) is 0 Å². The van der Waals surface area contributed by atoms with Crippen molar-refractivity contribution in [1.82, 2.24) is 5.32 Å². The Morgan fingerprint density at radius 3 is 2.94 bits per heavy atom. The summed E-state index contributed by atoms with van der Waals surface area (Å²) in [6, 6.07) is 7.35. The molecule has 1 aromatic carbocycles. The average molecular weight is 258 g/mol. The van der Waals surface area contributed by atoms with Gasteiger partial charge in [-0.15, -0.1) is 0 Å². The first kappa shape index (κ1) is 14.0. The Morgan fingerprint density at radius 1 is 1.41 bits per heavy atom. The van der Waals surface area contributed by atoms with Crippen LogP contribution in [0.4, 0.5) is 0 Å². The Hall–Kier alpha value is -1.10. The molecule has 0 aromatic heterocycles. The smallest absolute Gasteiger partial charge is 0.246 e. The van der Waals surface area contributed by atoms with Gasteiger partial charge in [0.1, 0.15) is 6.61 Å². The summed E-state index contributed by atoms with van der Waals surface area (Å²) in [7, 11) is 1.59. The first-order valence-corrected chi connectivity index (χ1v) is 5.68. The number of nitrogens with one attached hydrogen (secondary N) is 1. The molecule has 1 aromatic rings. The SMILES string of the molecule is COCCOCC(=O)NCc1cccc(Cl)c1. The number of carbonyl (C=O) groups is 1. The summed E-state index contributed by atoms with van der Waals surface area (Å²) in [6.45, 7) is 1.40. The molecule has 94 valence electrons. The van der Waals surface area contributed by atoms with Crippen LogP contribution in [0.5, 0.6) is 0 Å². The molecule has 1 amide bonds. The van der Waals surface area contributed by atoms with E-state index in [1.54, 1.807) is 13.2 Å². The number of amides is 1. The molecule has 0 atom stereocenters. The molecule has 0 aliphatic carbocycles. The maximum atomic E-state index is 11.4. The van der Waals surface area contributed by atoms with Gasteiger partial charge in [-0.25, -0.2) is 0 Å². The molecule has 0 aliphatic heterocycles. The minimum atomic E-state index is -0.152. The molecule has 17 heavy (non-hydrogen) atoms. The summed E-state index contributed by atoms with van der Waals surface area (Å²) < 4.78 is 9.88. The van der Waals surface area contributed by atoms with Crippen LogP contribution in [0.25, 0.3) is 0 Å². The number of halogens is 1. The Labute approximate surface area is 106 Å². The van der Waals surface area contributed by atoms with Gasteiger partial charge in [0, 0.05) is 18.7 Å². The van der Waals surface area contributed by atoms with E-state index in [-0.39, 0.29) is 12.5 Å². The summed E-state index contributed by atoms with van der Waals surface area (Å²) in [5, 5.41) is 3.40. The highest BCUT2D eigenvalue weighted by atomic mass is 35.5. The highest BCUT2D eigenvalue weighted by molar-refractivity contribution is 6.30. The second kappa shape index (κ2) is 8.06. The Morgan fingerprint density at radius 2 is 2.24 bits per heavy atom. The van der Waals surface area contributed by atoms with E-state index in [1.165, 1.54) is 0 Å². The maximum Gasteiger partial charge on any atom is 0.246 e. The van der Waals surface area contributed by atoms with Crippen molar-refractivity contribution >= 4 is 17.5 Å². The van der Waals surface area contributed by atoms with Crippen LogP contribution >= 0.6 is 11.6 Å². The molecule has 0 saturated heterocycles. The third-order valence-corrected chi connectivity index (χ3v) is 2.28. The summed E-state index contributed by atoms with van der Waals surface area (Å²) in [5.41, 5.74) is 0.961. The van der Waals surface area contributed by atoms with E-state index < -0.39 is 0 Å². The van der Waals surface area contributed by atoms with Gasteiger partial charge in [-0.1, -0.05) is 23.7 Å². The molecule has 1 N–H and O–H groups in total. The van der Waals surface area contributed by atoms with Gasteiger partial charge in [-0.2, -0.15) is 0 Å². The quantitative estimate of drug-likeness (QED) is 0.755. The van der Waals surface area contributed by atoms with E-state index >= 15 is 0 Å². The standard InChI is InChI=1S/C12H16ClNO3/c1-16-5-6-17-9-12(15)14-8-10-3-2-4-11(13)7-10/h2-4,7H,5-6,8-9H2,1H3,(H,14,15). The molecule has 0 unspecified atom stereocenters. The van der Waals surface area contributed by atoms with Crippen molar-refractivity contribution < 1.29 is 14.3 Å². The van der Waals surface area contributed by atoms with Crippen molar-refractivity contribution in [2.75, 3.05) is 26.9 Å². The monoisotopic (exact) mass is 257 g/mol. The van der Waals surface area contributed by atoms with E-state index in [1.807, 2.05) is 18.2 Å². The summed E-state index contributed by atoms with van der Waals surface area (Å²) in [6.07, 6.45) is 0. The Bertz CT molecular complexity index is 357. The van der Waals surface area contributed by atoms with Gasteiger partial charge in [0.2, 0.25) is 5.91 Å². The minimum Gasteiger partial charge on any atom is -0.382 e. The molecule has 0 heterocycles. The third kappa shape index (κ3) is 6.26. The highest BCUT2D eigenvalue weighted by Crippen LogP contribution is 2.09. The van der Waals surface area contributed by atoms with Crippen LogP contribution in [0.1, 0.15) is 5.56 Å². The van der Waals surface area contributed by atoms with Crippen molar-refractivity contribution in [1.29, 1.82) is 0 Å². The lowest BCUT2D eigenvalue weighted by Gasteiger charge is -2.06. The number of hydrogen-bond donors (Lipinski definition) is 1. The zero-order chi connectivity index (χ0) is 12.5. The summed E-state index contributed by atoms with van der Waals surface area (Å²) in [5.74, 6) is -0.152. The predicted octanol–water partition coefficient (Wildman–Crippen LogP) is 1.62. The largest absolute Gasteiger partial charge is 0.382 e. The first-order valence-electron chi connectivity index (χ1n) is 5.30. The van der Waals surface area contributed by atoms with E-state index in [2.05, 4.69) is 5.32 Å². The number of hydrogen-bond acceptors (Lipinski definition) is 3. The van der Waals surface area contributed by atoms with Crippen LogP contribution in [-0.2, 0) is 20.8 Å². The van der Waals surface area contributed by atoms with Gasteiger partial charge in [-0.05, 0) is 17.7 Å². The second-order valence-corrected chi connectivity index (χ2v) is 3.89. The molecular weight excluding hydrogens is 242 g/mol. The van der Waals surface area contributed by atoms with Gasteiger partial charge in [0.15, 0.2) is 0 Å². The number of ether oxygens (including phenoxy) is 2. The molecule has 0 saturated carbocycles. The van der Waals surface area contributed by atoms with Crippen LogP contribution in [0, 0.1) is 0 Å². The maximum absolute atomic E-state index is 11.4. The molecule has 0 fully saturated rings. The van der Waals surface area contributed by atoms with E-state index in [4.69, 9.17) is 21.1 Å². The van der Waals surface area contributed by atoms with Gasteiger partial charge >= 0.3 is 0 Å². The summed E-state index contributed by atoms with van der Waals surface area (Å²) >= 11 is 5.83. The van der Waals surface area contributed by atoms with Crippen molar-refractivity contribution in [3.8, 4) is 0 Å². The van der Waals surface area contributed by atoms with Gasteiger partial charge in [-0.3, -0.25) is 4.79 Å².